The minimum atomic E-state index is -2.05. The van der Waals surface area contributed by atoms with Crippen molar-refractivity contribution < 1.29 is 23.1 Å². The predicted octanol–water partition coefficient (Wildman–Crippen LogP) is 5.90. The molecule has 0 unspecified atom stereocenters. The second-order valence-electron chi connectivity index (χ2n) is 7.62. The van der Waals surface area contributed by atoms with Gasteiger partial charge in [0.1, 0.15) is 22.7 Å². The zero-order chi connectivity index (χ0) is 19.7. The number of benzene rings is 1. The van der Waals surface area contributed by atoms with Gasteiger partial charge in [0.15, 0.2) is 5.75 Å². The molecule has 0 spiro atoms. The number of ether oxygens (including phenoxy) is 2. The lowest BCUT2D eigenvalue weighted by Crippen LogP contribution is -2.43. The van der Waals surface area contributed by atoms with E-state index in [9.17, 15) is 4.79 Å². The van der Waals surface area contributed by atoms with Crippen LogP contribution >= 0.6 is 15.9 Å². The Bertz CT molecular complexity index is 804. The summed E-state index contributed by atoms with van der Waals surface area (Å²) in [5.41, 5.74) is 1.01. The van der Waals surface area contributed by atoms with E-state index in [1.54, 1.807) is 20.1 Å². The summed E-state index contributed by atoms with van der Waals surface area (Å²) in [7, 11) is -0.460. The monoisotopic (exact) mass is 442 g/mol. The molecule has 0 atom stereocenters. The molecule has 0 N–H and O–H groups in total. The van der Waals surface area contributed by atoms with Crippen molar-refractivity contribution >= 4 is 41.2 Å². The van der Waals surface area contributed by atoms with E-state index in [1.807, 2.05) is 6.07 Å². The highest BCUT2D eigenvalue weighted by molar-refractivity contribution is 9.08. The van der Waals surface area contributed by atoms with E-state index >= 15 is 0 Å². The van der Waals surface area contributed by atoms with E-state index in [2.05, 4.69) is 49.8 Å². The molecule has 7 heteroatoms. The Labute approximate surface area is 164 Å². The number of carbonyl (C=O) groups is 1. The smallest absolute Gasteiger partial charge is 0.342 e. The van der Waals surface area contributed by atoms with Gasteiger partial charge in [-0.15, -0.1) is 0 Å². The highest BCUT2D eigenvalue weighted by atomic mass is 79.9. The summed E-state index contributed by atoms with van der Waals surface area (Å²) in [6.07, 6.45) is 0. The number of halogens is 1. The normalized spacial score (nSPS) is 12.3. The molecule has 0 fully saturated rings. The Hall–Kier alpha value is -1.47. The summed E-state index contributed by atoms with van der Waals surface area (Å²) in [6, 6.07) is 3.60. The van der Waals surface area contributed by atoms with Crippen LogP contribution in [0.3, 0.4) is 0 Å². The van der Waals surface area contributed by atoms with Gasteiger partial charge in [-0.05, 0) is 31.1 Å². The first-order valence-electron chi connectivity index (χ1n) is 8.61. The van der Waals surface area contributed by atoms with Crippen molar-refractivity contribution in [2.24, 2.45) is 0 Å². The van der Waals surface area contributed by atoms with Crippen molar-refractivity contribution in [3.63, 3.8) is 0 Å². The fourth-order valence-electron chi connectivity index (χ4n) is 2.34. The first-order valence-corrected chi connectivity index (χ1v) is 12.6. The average molecular weight is 443 g/mol. The highest BCUT2D eigenvalue weighted by Gasteiger charge is 2.39. The molecule has 0 aliphatic rings. The zero-order valence-corrected chi connectivity index (χ0v) is 19.1. The molecular formula is C19H27BrO5Si. The van der Waals surface area contributed by atoms with Crippen molar-refractivity contribution in [2.75, 3.05) is 13.7 Å². The lowest BCUT2D eigenvalue weighted by Gasteiger charge is -2.36. The number of esters is 1. The molecule has 2 rings (SSSR count). The molecule has 0 aliphatic heterocycles. The van der Waals surface area contributed by atoms with E-state index < -0.39 is 14.3 Å². The Kier molecular flexibility index (Phi) is 6.12. The third kappa shape index (κ3) is 3.93. The van der Waals surface area contributed by atoms with Crippen molar-refractivity contribution in [2.45, 2.75) is 51.2 Å². The van der Waals surface area contributed by atoms with Gasteiger partial charge in [0, 0.05) is 11.5 Å². The quantitative estimate of drug-likeness (QED) is 0.316. The molecule has 2 aromatic rings. The molecule has 1 aromatic heterocycles. The van der Waals surface area contributed by atoms with Crippen LogP contribution in [-0.2, 0) is 10.1 Å². The maximum Gasteiger partial charge on any atom is 0.342 e. The van der Waals surface area contributed by atoms with Gasteiger partial charge >= 0.3 is 5.97 Å². The van der Waals surface area contributed by atoms with E-state index in [4.69, 9.17) is 18.3 Å². The minimum Gasteiger partial charge on any atom is -0.541 e. The van der Waals surface area contributed by atoms with Crippen molar-refractivity contribution in [3.05, 3.63) is 23.5 Å². The van der Waals surface area contributed by atoms with Crippen LogP contribution in [0.2, 0.25) is 18.1 Å². The molecule has 1 heterocycles. The first kappa shape index (κ1) is 20.8. The molecule has 5 nitrogen and oxygen atoms in total. The number of methoxy groups -OCH3 is 1. The van der Waals surface area contributed by atoms with Crippen LogP contribution in [0.15, 0.2) is 16.5 Å². The van der Waals surface area contributed by atoms with Crippen molar-refractivity contribution in [1.82, 2.24) is 0 Å². The predicted molar refractivity (Wildman–Crippen MR) is 109 cm³/mol. The summed E-state index contributed by atoms with van der Waals surface area (Å²) in [4.78, 5) is 12.4. The molecular weight excluding hydrogens is 416 g/mol. The third-order valence-corrected chi connectivity index (χ3v) is 9.67. The van der Waals surface area contributed by atoms with Crippen LogP contribution in [0.4, 0.5) is 0 Å². The summed E-state index contributed by atoms with van der Waals surface area (Å²) in [5.74, 6) is 1.34. The second-order valence-corrected chi connectivity index (χ2v) is 12.9. The van der Waals surface area contributed by atoms with Crippen molar-refractivity contribution in [1.29, 1.82) is 0 Å². The van der Waals surface area contributed by atoms with Crippen molar-refractivity contribution in [3.8, 4) is 11.5 Å². The SMILES string of the molecule is CCOC(=O)c1c(CBr)oc2cc(O[Si](C)(C)C(C)(C)C)c(OC)cc12. The summed E-state index contributed by atoms with van der Waals surface area (Å²) in [5, 5.41) is 1.13. The van der Waals surface area contributed by atoms with Crippen LogP contribution in [-0.4, -0.2) is 28.0 Å². The largest absolute Gasteiger partial charge is 0.541 e. The number of furan rings is 1. The Morgan fingerprint density at radius 3 is 2.38 bits per heavy atom. The van der Waals surface area contributed by atoms with Gasteiger partial charge in [-0.3, -0.25) is 0 Å². The molecule has 0 aliphatic carbocycles. The standard InChI is InChI=1S/C19H27BrO5Si/c1-8-23-18(21)17-12-9-14(22-5)15(10-13(12)24-16(17)11-20)25-26(6,7)19(2,3)4/h9-10H,8,11H2,1-7H3. The maximum atomic E-state index is 12.4. The molecule has 0 radical (unpaired) electrons. The van der Waals surface area contributed by atoms with Gasteiger partial charge in [-0.2, -0.15) is 0 Å². The maximum absolute atomic E-state index is 12.4. The third-order valence-electron chi connectivity index (χ3n) is 4.82. The van der Waals surface area contributed by atoms with Crippen LogP contribution in [0.5, 0.6) is 11.5 Å². The van der Waals surface area contributed by atoms with Gasteiger partial charge in [0.25, 0.3) is 8.32 Å². The Morgan fingerprint density at radius 1 is 1.23 bits per heavy atom. The fourth-order valence-corrected chi connectivity index (χ4v) is 3.75. The number of fused-ring (bicyclic) bond motifs is 1. The minimum absolute atomic E-state index is 0.0489. The van der Waals surface area contributed by atoms with Gasteiger partial charge in [-0.1, -0.05) is 36.7 Å². The average Bonchev–Trinajstić information content (AvgIpc) is 2.90. The number of alkyl halides is 1. The van der Waals surface area contributed by atoms with Crippen LogP contribution in [0.1, 0.15) is 43.8 Å². The van der Waals surface area contributed by atoms with Gasteiger partial charge < -0.3 is 18.3 Å². The van der Waals surface area contributed by atoms with Gasteiger partial charge in [0.2, 0.25) is 0 Å². The molecule has 144 valence electrons. The van der Waals surface area contributed by atoms with E-state index in [-0.39, 0.29) is 5.04 Å². The fraction of sp³-hybridized carbons (Fsp3) is 0.526. The molecule has 0 bridgehead atoms. The lowest BCUT2D eigenvalue weighted by molar-refractivity contribution is 0.0526. The first-order chi connectivity index (χ1) is 12.1. The number of hydrogen-bond donors (Lipinski definition) is 0. The summed E-state index contributed by atoms with van der Waals surface area (Å²) < 4.78 is 23.0. The van der Waals surface area contributed by atoms with Gasteiger partial charge in [0.05, 0.1) is 19.0 Å². The van der Waals surface area contributed by atoms with Crippen LogP contribution in [0, 0.1) is 0 Å². The van der Waals surface area contributed by atoms with E-state index in [0.717, 1.165) is 0 Å². The highest BCUT2D eigenvalue weighted by Crippen LogP contribution is 2.42. The topological polar surface area (TPSA) is 57.9 Å². The second kappa shape index (κ2) is 7.64. The molecule has 0 amide bonds. The van der Waals surface area contributed by atoms with E-state index in [0.29, 0.717) is 45.7 Å². The van der Waals surface area contributed by atoms with Gasteiger partial charge in [-0.25, -0.2) is 4.79 Å². The lowest BCUT2D eigenvalue weighted by atomic mass is 10.1. The zero-order valence-electron chi connectivity index (χ0n) is 16.5. The number of rotatable bonds is 6. The molecule has 26 heavy (non-hydrogen) atoms. The van der Waals surface area contributed by atoms with Crippen LogP contribution < -0.4 is 9.16 Å². The van der Waals surface area contributed by atoms with E-state index in [1.165, 1.54) is 0 Å². The number of carbonyl (C=O) groups excluding carboxylic acids is 1. The molecule has 0 saturated carbocycles. The molecule has 1 aromatic carbocycles. The summed E-state index contributed by atoms with van der Waals surface area (Å²) in [6.45, 7) is 13.0. The Balaban J connectivity index is 2.61. The van der Waals surface area contributed by atoms with Crippen LogP contribution in [0.25, 0.3) is 11.0 Å². The number of hydrogen-bond acceptors (Lipinski definition) is 5. The Morgan fingerprint density at radius 2 is 1.88 bits per heavy atom. The summed E-state index contributed by atoms with van der Waals surface area (Å²) >= 11 is 3.38. The molecule has 0 saturated heterocycles.